The molecule has 7 heteroatoms. The average Bonchev–Trinajstić information content (AvgIpc) is 1.61. The summed E-state index contributed by atoms with van der Waals surface area (Å²) < 4.78 is 68.5. The van der Waals surface area contributed by atoms with E-state index in [1.165, 1.54) is 0 Å². The molecule has 0 aromatic rings. The second-order valence-corrected chi connectivity index (χ2v) is 1.22. The quantitative estimate of drug-likeness (QED) is 0.573. The summed E-state index contributed by atoms with van der Waals surface area (Å²) in [6.45, 7) is -1.21. The molecule has 0 atom stereocenters. The molecule has 1 nitrogen and oxygen atoms in total. The number of ether oxygens (including phenoxy) is 1. The molecule has 0 bridgehead atoms. The van der Waals surface area contributed by atoms with Gasteiger partial charge in [0.25, 0.3) is 6.86 Å². The summed E-state index contributed by atoms with van der Waals surface area (Å²) in [5, 5.41) is 0. The maximum atomic E-state index is 11.3. The molecular weight excluding hydrogens is 166 g/mol. The Kier molecular flexibility index (Phi) is 2.53. The lowest BCUT2D eigenvalue weighted by Crippen LogP contribution is -2.38. The van der Waals surface area contributed by atoms with Crippen LogP contribution in [0.2, 0.25) is 0 Å². The SMILES string of the molecule is F[CH]OC(F)(F)C(F)(F)F. The smallest absolute Gasteiger partial charge is 0.273 e. The molecule has 0 aliphatic carbocycles. The molecule has 0 saturated heterocycles. The first-order chi connectivity index (χ1) is 4.31. The van der Waals surface area contributed by atoms with Crippen LogP contribution in [0.5, 0.6) is 0 Å². The van der Waals surface area contributed by atoms with Crippen molar-refractivity contribution in [2.24, 2.45) is 0 Å². The van der Waals surface area contributed by atoms with Crippen molar-refractivity contribution >= 4 is 0 Å². The molecule has 1 radical (unpaired) electrons. The molecule has 0 aliphatic heterocycles. The van der Waals surface area contributed by atoms with E-state index in [-0.39, 0.29) is 0 Å². The van der Waals surface area contributed by atoms with E-state index in [0.29, 0.717) is 0 Å². The first-order valence-electron chi connectivity index (χ1n) is 1.85. The molecule has 0 heterocycles. The Morgan fingerprint density at radius 1 is 1.00 bits per heavy atom. The van der Waals surface area contributed by atoms with E-state index >= 15 is 0 Å². The fraction of sp³-hybridized carbons (Fsp3) is 0.667. The lowest BCUT2D eigenvalue weighted by atomic mass is 10.6. The van der Waals surface area contributed by atoms with Crippen molar-refractivity contribution in [1.82, 2.24) is 0 Å². The van der Waals surface area contributed by atoms with Crippen molar-refractivity contribution in [2.45, 2.75) is 12.3 Å². The zero-order valence-corrected chi connectivity index (χ0v) is 4.25. The van der Waals surface area contributed by atoms with Crippen LogP contribution < -0.4 is 0 Å². The van der Waals surface area contributed by atoms with Crippen molar-refractivity contribution in [2.75, 3.05) is 0 Å². The molecule has 0 N–H and O–H groups in total. The summed E-state index contributed by atoms with van der Waals surface area (Å²) in [6, 6.07) is 0. The van der Waals surface area contributed by atoms with Crippen LogP contribution in [-0.4, -0.2) is 12.3 Å². The summed E-state index contributed by atoms with van der Waals surface area (Å²) in [6.07, 6.45) is -11.3. The van der Waals surface area contributed by atoms with Gasteiger partial charge in [0.1, 0.15) is 0 Å². The van der Waals surface area contributed by atoms with Gasteiger partial charge in [0.15, 0.2) is 0 Å². The predicted octanol–water partition coefficient (Wildman–Crippen LogP) is 2.25. The van der Waals surface area contributed by atoms with Crippen LogP contribution in [0, 0.1) is 6.86 Å². The number of alkyl halides is 5. The van der Waals surface area contributed by atoms with Crippen LogP contribution in [0.1, 0.15) is 0 Å². The predicted molar refractivity (Wildman–Crippen MR) is 17.5 cm³/mol. The molecular formula is C3HF6O. The Morgan fingerprint density at radius 3 is 1.50 bits per heavy atom. The molecule has 61 valence electrons. The van der Waals surface area contributed by atoms with Crippen molar-refractivity contribution in [3.8, 4) is 0 Å². The lowest BCUT2D eigenvalue weighted by molar-refractivity contribution is -0.386. The lowest BCUT2D eigenvalue weighted by Gasteiger charge is -2.16. The van der Waals surface area contributed by atoms with Crippen LogP contribution in [0.3, 0.4) is 0 Å². The minimum atomic E-state index is -5.88. The molecule has 0 rings (SSSR count). The Balaban J connectivity index is 4.10. The largest absolute Gasteiger partial charge is 0.483 e. The summed E-state index contributed by atoms with van der Waals surface area (Å²) in [4.78, 5) is 0. The van der Waals surface area contributed by atoms with Crippen LogP contribution in [0.15, 0.2) is 0 Å². The van der Waals surface area contributed by atoms with Crippen molar-refractivity contribution in [3.05, 3.63) is 6.86 Å². The van der Waals surface area contributed by atoms with Gasteiger partial charge in [0.05, 0.1) is 0 Å². The van der Waals surface area contributed by atoms with Crippen LogP contribution in [-0.2, 0) is 4.74 Å². The molecule has 0 saturated carbocycles. The Labute approximate surface area is 51.6 Å². The van der Waals surface area contributed by atoms with Gasteiger partial charge in [-0.25, -0.2) is 4.39 Å². The minimum absolute atomic E-state index is 1.21. The summed E-state index contributed by atoms with van der Waals surface area (Å²) in [5.41, 5.74) is 0. The zero-order valence-electron chi connectivity index (χ0n) is 4.25. The van der Waals surface area contributed by atoms with Gasteiger partial charge in [-0.1, -0.05) is 0 Å². The van der Waals surface area contributed by atoms with E-state index in [0.717, 1.165) is 0 Å². The van der Waals surface area contributed by atoms with E-state index in [4.69, 9.17) is 0 Å². The third kappa shape index (κ3) is 2.05. The third-order valence-corrected chi connectivity index (χ3v) is 0.523. The standard InChI is InChI=1S/C3HF6O/c4-1-10-3(8,9)2(5,6)7/h1H. The number of hydrogen-bond acceptors (Lipinski definition) is 1. The Bertz CT molecular complexity index is 106. The van der Waals surface area contributed by atoms with Gasteiger partial charge in [-0.2, -0.15) is 22.0 Å². The molecule has 0 unspecified atom stereocenters. The molecule has 0 aromatic heterocycles. The van der Waals surface area contributed by atoms with E-state index in [1.54, 1.807) is 0 Å². The van der Waals surface area contributed by atoms with Crippen molar-refractivity contribution < 1.29 is 31.1 Å². The highest BCUT2D eigenvalue weighted by molar-refractivity contribution is 4.63. The zero-order chi connectivity index (χ0) is 8.41. The van der Waals surface area contributed by atoms with Gasteiger partial charge in [0, 0.05) is 0 Å². The second-order valence-electron chi connectivity index (χ2n) is 1.22. The average molecular weight is 167 g/mol. The fourth-order valence-corrected chi connectivity index (χ4v) is 0.123. The van der Waals surface area contributed by atoms with Gasteiger partial charge < -0.3 is 0 Å². The molecule has 0 fully saturated rings. The third-order valence-electron chi connectivity index (χ3n) is 0.523. The van der Waals surface area contributed by atoms with Gasteiger partial charge >= 0.3 is 12.3 Å². The first kappa shape index (κ1) is 9.54. The normalized spacial score (nSPS) is 13.8. The summed E-state index contributed by atoms with van der Waals surface area (Å²) in [5.74, 6) is 0. The summed E-state index contributed by atoms with van der Waals surface area (Å²) in [7, 11) is 0. The molecule has 0 spiro atoms. The molecule has 0 aromatic carbocycles. The van der Waals surface area contributed by atoms with E-state index in [9.17, 15) is 26.3 Å². The highest BCUT2D eigenvalue weighted by atomic mass is 19.4. The van der Waals surface area contributed by atoms with Gasteiger partial charge in [-0.15, -0.1) is 0 Å². The Hall–Kier alpha value is -0.460. The fourth-order valence-electron chi connectivity index (χ4n) is 0.123. The summed E-state index contributed by atoms with van der Waals surface area (Å²) >= 11 is 0. The van der Waals surface area contributed by atoms with Crippen LogP contribution in [0.4, 0.5) is 26.3 Å². The molecule has 10 heavy (non-hydrogen) atoms. The number of halogens is 6. The Morgan fingerprint density at radius 2 is 1.40 bits per heavy atom. The maximum Gasteiger partial charge on any atom is 0.483 e. The van der Waals surface area contributed by atoms with E-state index in [1.807, 2.05) is 0 Å². The van der Waals surface area contributed by atoms with E-state index < -0.39 is 19.1 Å². The van der Waals surface area contributed by atoms with Crippen LogP contribution in [0.25, 0.3) is 0 Å². The topological polar surface area (TPSA) is 9.23 Å². The minimum Gasteiger partial charge on any atom is -0.273 e. The van der Waals surface area contributed by atoms with Crippen molar-refractivity contribution in [3.63, 3.8) is 0 Å². The highest BCUT2D eigenvalue weighted by Crippen LogP contribution is 2.36. The van der Waals surface area contributed by atoms with Crippen LogP contribution >= 0.6 is 0 Å². The number of rotatable bonds is 2. The van der Waals surface area contributed by atoms with Gasteiger partial charge in [0.2, 0.25) is 0 Å². The van der Waals surface area contributed by atoms with Crippen molar-refractivity contribution in [1.29, 1.82) is 0 Å². The monoisotopic (exact) mass is 167 g/mol. The second kappa shape index (κ2) is 2.65. The highest BCUT2D eigenvalue weighted by Gasteiger charge is 2.59. The van der Waals surface area contributed by atoms with Gasteiger partial charge in [-0.05, 0) is 0 Å². The number of hydrogen-bond donors (Lipinski definition) is 0. The van der Waals surface area contributed by atoms with Gasteiger partial charge in [-0.3, -0.25) is 4.74 Å². The molecule has 0 amide bonds. The first-order valence-corrected chi connectivity index (χ1v) is 1.85. The van der Waals surface area contributed by atoms with E-state index in [2.05, 4.69) is 4.74 Å². The maximum absolute atomic E-state index is 11.3. The molecule has 0 aliphatic rings.